The zero-order valence-electron chi connectivity index (χ0n) is 15.4. The summed E-state index contributed by atoms with van der Waals surface area (Å²) in [5, 5.41) is 5.24. The highest BCUT2D eigenvalue weighted by molar-refractivity contribution is 14.1. The first-order chi connectivity index (χ1) is 13.2. The van der Waals surface area contributed by atoms with Crippen molar-refractivity contribution in [3.63, 3.8) is 0 Å². The number of hydrogen-bond acceptors (Lipinski definition) is 1. The first-order valence-corrected chi connectivity index (χ1v) is 10.9. The minimum Gasteiger partial charge on any atom is -0.399 e. The molecular weight excluding hydrogens is 441 g/mol. The number of anilines is 1. The molecule has 2 heteroatoms. The second-order valence-electron chi connectivity index (χ2n) is 7.60. The SMILES string of the molecule is CCC1Cc2c(-c3cc4ccccc4c4ccccc34)cc(N)cc2C1I. The van der Waals surface area contributed by atoms with E-state index in [0.29, 0.717) is 9.84 Å². The molecule has 27 heavy (non-hydrogen) atoms. The predicted molar refractivity (Wildman–Crippen MR) is 126 cm³/mol. The van der Waals surface area contributed by atoms with Crippen molar-refractivity contribution in [2.75, 3.05) is 5.73 Å². The Kier molecular flexibility index (Phi) is 4.12. The fraction of sp³-hybridized carbons (Fsp3) is 0.200. The number of rotatable bonds is 2. The maximum Gasteiger partial charge on any atom is 0.0394 e. The lowest BCUT2D eigenvalue weighted by Gasteiger charge is -2.15. The van der Waals surface area contributed by atoms with E-state index >= 15 is 0 Å². The van der Waals surface area contributed by atoms with Gasteiger partial charge in [-0.05, 0) is 74.3 Å². The smallest absolute Gasteiger partial charge is 0.0394 e. The Bertz CT molecular complexity index is 1180. The molecule has 2 N–H and O–H groups in total. The highest BCUT2D eigenvalue weighted by Gasteiger charge is 2.32. The molecule has 4 aromatic rings. The number of halogens is 1. The van der Waals surface area contributed by atoms with Gasteiger partial charge in [-0.2, -0.15) is 0 Å². The van der Waals surface area contributed by atoms with Gasteiger partial charge in [0.15, 0.2) is 0 Å². The zero-order valence-corrected chi connectivity index (χ0v) is 17.5. The Balaban J connectivity index is 1.86. The summed E-state index contributed by atoms with van der Waals surface area (Å²) in [4.78, 5) is 0. The fourth-order valence-electron chi connectivity index (χ4n) is 4.68. The molecule has 0 saturated heterocycles. The standard InChI is InChI=1S/C25H22IN/c1-2-15-11-22-23(13-17(27)14-24(22)25(15)26)21-12-16-7-3-4-8-18(16)19-9-5-6-10-20(19)21/h3-10,12-15,25H,2,11,27H2,1H3. The van der Waals surface area contributed by atoms with Crippen LogP contribution in [0.2, 0.25) is 0 Å². The third-order valence-corrected chi connectivity index (χ3v) is 7.75. The summed E-state index contributed by atoms with van der Waals surface area (Å²) >= 11 is 2.61. The van der Waals surface area contributed by atoms with Gasteiger partial charge in [0.05, 0.1) is 0 Å². The molecule has 4 aromatic carbocycles. The molecule has 0 amide bonds. The summed E-state index contributed by atoms with van der Waals surface area (Å²) in [6, 6.07) is 24.2. The van der Waals surface area contributed by atoms with E-state index < -0.39 is 0 Å². The number of nitrogen functional groups attached to an aromatic ring is 1. The number of fused-ring (bicyclic) bond motifs is 4. The highest BCUT2D eigenvalue weighted by atomic mass is 127. The average molecular weight is 463 g/mol. The van der Waals surface area contributed by atoms with Gasteiger partial charge in [-0.25, -0.2) is 0 Å². The van der Waals surface area contributed by atoms with Gasteiger partial charge < -0.3 is 5.73 Å². The van der Waals surface area contributed by atoms with E-state index in [1.165, 1.54) is 50.2 Å². The van der Waals surface area contributed by atoms with Gasteiger partial charge in [-0.1, -0.05) is 84.5 Å². The van der Waals surface area contributed by atoms with Gasteiger partial charge in [-0.3, -0.25) is 0 Å². The van der Waals surface area contributed by atoms with Crippen molar-refractivity contribution in [1.82, 2.24) is 0 Å². The minimum atomic E-state index is 0.552. The van der Waals surface area contributed by atoms with Crippen LogP contribution in [0.1, 0.15) is 28.4 Å². The van der Waals surface area contributed by atoms with Gasteiger partial charge >= 0.3 is 0 Å². The Morgan fingerprint density at radius 2 is 1.59 bits per heavy atom. The fourth-order valence-corrected chi connectivity index (χ4v) is 6.00. The van der Waals surface area contributed by atoms with Crippen molar-refractivity contribution < 1.29 is 0 Å². The molecule has 0 heterocycles. The zero-order chi connectivity index (χ0) is 18.5. The first-order valence-electron chi connectivity index (χ1n) is 9.64. The van der Waals surface area contributed by atoms with Crippen molar-refractivity contribution in [2.45, 2.75) is 23.7 Å². The van der Waals surface area contributed by atoms with E-state index in [2.05, 4.69) is 96.2 Å². The number of benzene rings is 4. The predicted octanol–water partition coefficient (Wildman–Crippen LogP) is 7.30. The third kappa shape index (κ3) is 2.65. The minimum absolute atomic E-state index is 0.552. The van der Waals surface area contributed by atoms with Crippen LogP contribution in [0.5, 0.6) is 0 Å². The summed E-state index contributed by atoms with van der Waals surface area (Å²) < 4.78 is 0.552. The summed E-state index contributed by atoms with van der Waals surface area (Å²) in [6.07, 6.45) is 2.36. The van der Waals surface area contributed by atoms with Crippen LogP contribution < -0.4 is 5.73 Å². The van der Waals surface area contributed by atoms with E-state index in [1.807, 2.05) is 0 Å². The molecular formula is C25H22IN. The van der Waals surface area contributed by atoms with Crippen molar-refractivity contribution in [2.24, 2.45) is 5.92 Å². The quantitative estimate of drug-likeness (QED) is 0.144. The lowest BCUT2D eigenvalue weighted by atomic mass is 9.89. The molecule has 0 spiro atoms. The van der Waals surface area contributed by atoms with Crippen LogP contribution in [-0.4, -0.2) is 0 Å². The average Bonchev–Trinajstić information content (AvgIpc) is 3.02. The number of alkyl halides is 1. The van der Waals surface area contributed by atoms with Gasteiger partial charge in [0.2, 0.25) is 0 Å². The summed E-state index contributed by atoms with van der Waals surface area (Å²) in [7, 11) is 0. The molecule has 0 bridgehead atoms. The largest absolute Gasteiger partial charge is 0.399 e. The van der Waals surface area contributed by atoms with Gasteiger partial charge in [0, 0.05) is 9.61 Å². The van der Waals surface area contributed by atoms with Gasteiger partial charge in [0.1, 0.15) is 0 Å². The summed E-state index contributed by atoms with van der Waals surface area (Å²) in [6.45, 7) is 2.30. The van der Waals surface area contributed by atoms with Crippen LogP contribution in [0.15, 0.2) is 66.7 Å². The monoisotopic (exact) mass is 463 g/mol. The third-order valence-electron chi connectivity index (χ3n) is 6.07. The molecule has 5 rings (SSSR count). The van der Waals surface area contributed by atoms with Crippen LogP contribution in [0, 0.1) is 5.92 Å². The second-order valence-corrected chi connectivity index (χ2v) is 8.94. The lowest BCUT2D eigenvalue weighted by Crippen LogP contribution is -1.99. The lowest BCUT2D eigenvalue weighted by molar-refractivity contribution is 0.546. The molecule has 1 aliphatic carbocycles. The molecule has 134 valence electrons. The second kappa shape index (κ2) is 6.52. The van der Waals surface area contributed by atoms with Crippen molar-refractivity contribution in [3.05, 3.63) is 77.9 Å². The topological polar surface area (TPSA) is 26.0 Å². The Morgan fingerprint density at radius 1 is 0.889 bits per heavy atom. The molecule has 0 aromatic heterocycles. The van der Waals surface area contributed by atoms with Crippen LogP contribution in [0.4, 0.5) is 5.69 Å². The number of nitrogens with two attached hydrogens (primary N) is 1. The summed E-state index contributed by atoms with van der Waals surface area (Å²) in [5.74, 6) is 0.702. The molecule has 0 radical (unpaired) electrons. The molecule has 2 unspecified atom stereocenters. The van der Waals surface area contributed by atoms with Crippen LogP contribution in [-0.2, 0) is 6.42 Å². The van der Waals surface area contributed by atoms with Gasteiger partial charge in [-0.15, -0.1) is 0 Å². The van der Waals surface area contributed by atoms with E-state index in [4.69, 9.17) is 5.73 Å². The van der Waals surface area contributed by atoms with Crippen molar-refractivity contribution in [1.29, 1.82) is 0 Å². The molecule has 2 atom stereocenters. The van der Waals surface area contributed by atoms with E-state index in [-0.39, 0.29) is 0 Å². The maximum absolute atomic E-state index is 6.37. The molecule has 1 aliphatic rings. The molecule has 0 aliphatic heterocycles. The van der Waals surface area contributed by atoms with Crippen LogP contribution >= 0.6 is 22.6 Å². The first kappa shape index (κ1) is 17.1. The summed E-state index contributed by atoms with van der Waals surface area (Å²) in [5.41, 5.74) is 12.8. The highest BCUT2D eigenvalue weighted by Crippen LogP contribution is 2.49. The number of hydrogen-bond donors (Lipinski definition) is 1. The molecule has 1 nitrogen and oxygen atoms in total. The maximum atomic E-state index is 6.37. The van der Waals surface area contributed by atoms with E-state index in [0.717, 1.165) is 12.1 Å². The van der Waals surface area contributed by atoms with Crippen LogP contribution in [0.25, 0.3) is 32.7 Å². The Hall–Kier alpha value is -2.07. The van der Waals surface area contributed by atoms with Crippen molar-refractivity contribution >= 4 is 49.8 Å². The Morgan fingerprint density at radius 3 is 2.37 bits per heavy atom. The van der Waals surface area contributed by atoms with E-state index in [9.17, 15) is 0 Å². The molecule has 0 fully saturated rings. The van der Waals surface area contributed by atoms with Gasteiger partial charge in [0.25, 0.3) is 0 Å². The normalized spacial score (nSPS) is 18.9. The van der Waals surface area contributed by atoms with Crippen LogP contribution in [0.3, 0.4) is 0 Å². The van der Waals surface area contributed by atoms with E-state index in [1.54, 1.807) is 0 Å². The Labute approximate surface area is 173 Å². The molecule has 0 saturated carbocycles. The van der Waals surface area contributed by atoms with Crippen molar-refractivity contribution in [3.8, 4) is 11.1 Å².